The first-order chi connectivity index (χ1) is 24.3. The van der Waals surface area contributed by atoms with Gasteiger partial charge in [-0.2, -0.15) is 0 Å². The molecule has 0 aliphatic heterocycles. The number of nitrogens with zero attached hydrogens (tertiary/aromatic N) is 1. The van der Waals surface area contributed by atoms with E-state index >= 15 is 0 Å². The molecule has 0 saturated heterocycles. The Bertz CT molecular complexity index is 2830. The van der Waals surface area contributed by atoms with Crippen LogP contribution in [0.4, 0.5) is 17.1 Å². The molecule has 2 heterocycles. The van der Waals surface area contributed by atoms with Crippen molar-refractivity contribution in [3.63, 3.8) is 0 Å². The molecule has 0 fully saturated rings. The summed E-state index contributed by atoms with van der Waals surface area (Å²) in [4.78, 5) is 2.35. The predicted octanol–water partition coefficient (Wildman–Crippen LogP) is 13.9. The zero-order chi connectivity index (χ0) is 32.3. The molecular formula is C46H29NOS. The highest BCUT2D eigenvalue weighted by Gasteiger charge is 2.21. The van der Waals surface area contributed by atoms with Crippen molar-refractivity contribution in [3.8, 4) is 22.3 Å². The van der Waals surface area contributed by atoms with Gasteiger partial charge in [0.1, 0.15) is 5.58 Å². The molecule has 0 amide bonds. The van der Waals surface area contributed by atoms with Crippen LogP contribution in [-0.4, -0.2) is 0 Å². The molecule has 0 spiro atoms. The van der Waals surface area contributed by atoms with E-state index in [1.165, 1.54) is 42.1 Å². The molecule has 2 nitrogen and oxygen atoms in total. The average molecular weight is 644 g/mol. The van der Waals surface area contributed by atoms with Crippen molar-refractivity contribution in [3.05, 3.63) is 176 Å². The first kappa shape index (κ1) is 27.9. The van der Waals surface area contributed by atoms with Gasteiger partial charge in [0.15, 0.2) is 5.58 Å². The summed E-state index contributed by atoms with van der Waals surface area (Å²) in [6.45, 7) is 0. The molecule has 0 unspecified atom stereocenters. The summed E-state index contributed by atoms with van der Waals surface area (Å²) in [5.41, 5.74) is 9.57. The Balaban J connectivity index is 1.17. The molecule has 0 aliphatic rings. The van der Waals surface area contributed by atoms with Gasteiger partial charge < -0.3 is 9.32 Å². The first-order valence-electron chi connectivity index (χ1n) is 16.6. The second kappa shape index (κ2) is 11.2. The molecule has 230 valence electrons. The highest BCUT2D eigenvalue weighted by atomic mass is 32.1. The fraction of sp³-hybridized carbons (Fsp3) is 0. The normalized spacial score (nSPS) is 11.7. The Hall–Kier alpha value is -6.16. The lowest BCUT2D eigenvalue weighted by atomic mass is 10.0. The van der Waals surface area contributed by atoms with Crippen LogP contribution in [0.25, 0.3) is 75.1 Å². The third-order valence-corrected chi connectivity index (χ3v) is 10.8. The summed E-state index contributed by atoms with van der Waals surface area (Å²) >= 11 is 1.84. The molecule has 0 saturated carbocycles. The average Bonchev–Trinajstić information content (AvgIpc) is 3.74. The van der Waals surface area contributed by atoms with Crippen LogP contribution in [-0.2, 0) is 0 Å². The van der Waals surface area contributed by atoms with Crippen molar-refractivity contribution in [2.45, 2.75) is 0 Å². The van der Waals surface area contributed by atoms with E-state index in [-0.39, 0.29) is 0 Å². The Kier molecular flexibility index (Phi) is 6.39. The Morgan fingerprint density at radius 1 is 0.388 bits per heavy atom. The van der Waals surface area contributed by atoms with Gasteiger partial charge in [-0.05, 0) is 69.9 Å². The van der Waals surface area contributed by atoms with Crippen LogP contribution in [0.15, 0.2) is 180 Å². The van der Waals surface area contributed by atoms with Crippen LogP contribution in [0.2, 0.25) is 0 Å². The van der Waals surface area contributed by atoms with Gasteiger partial charge in [-0.1, -0.05) is 133 Å². The van der Waals surface area contributed by atoms with Crippen molar-refractivity contribution in [1.82, 2.24) is 0 Å². The van der Waals surface area contributed by atoms with Crippen molar-refractivity contribution >= 4 is 81.3 Å². The molecule has 0 atom stereocenters. The van der Waals surface area contributed by atoms with Crippen LogP contribution in [0.1, 0.15) is 0 Å². The molecule has 0 N–H and O–H groups in total. The number of fused-ring (bicyclic) bond motifs is 7. The van der Waals surface area contributed by atoms with Crippen molar-refractivity contribution < 1.29 is 4.42 Å². The Morgan fingerprint density at radius 3 is 1.94 bits per heavy atom. The lowest BCUT2D eigenvalue weighted by molar-refractivity contribution is 0.670. The minimum Gasteiger partial charge on any atom is -0.453 e. The number of hydrogen-bond acceptors (Lipinski definition) is 3. The Labute approximate surface area is 287 Å². The van der Waals surface area contributed by atoms with E-state index in [2.05, 4.69) is 181 Å². The van der Waals surface area contributed by atoms with Crippen LogP contribution in [0.3, 0.4) is 0 Å². The molecule has 2 aromatic heterocycles. The van der Waals surface area contributed by atoms with Gasteiger partial charge in [0.25, 0.3) is 0 Å². The molecule has 0 bridgehead atoms. The molecule has 8 aromatic carbocycles. The van der Waals surface area contributed by atoms with Gasteiger partial charge in [-0.3, -0.25) is 0 Å². The predicted molar refractivity (Wildman–Crippen MR) is 210 cm³/mol. The summed E-state index contributed by atoms with van der Waals surface area (Å²) in [6.07, 6.45) is 0. The van der Waals surface area contributed by atoms with Gasteiger partial charge >= 0.3 is 0 Å². The maximum Gasteiger partial charge on any atom is 0.159 e. The minimum atomic E-state index is 0.871. The highest BCUT2D eigenvalue weighted by molar-refractivity contribution is 7.25. The number of benzene rings is 8. The van der Waals surface area contributed by atoms with Crippen LogP contribution in [0.5, 0.6) is 0 Å². The number of rotatable bonds is 5. The molecule has 0 aliphatic carbocycles. The lowest BCUT2D eigenvalue weighted by Crippen LogP contribution is -2.10. The summed E-state index contributed by atoms with van der Waals surface area (Å²) in [7, 11) is 0. The number of hydrogen-bond donors (Lipinski definition) is 0. The van der Waals surface area contributed by atoms with Gasteiger partial charge in [-0.25, -0.2) is 0 Å². The topological polar surface area (TPSA) is 16.4 Å². The van der Waals surface area contributed by atoms with Crippen LogP contribution < -0.4 is 4.90 Å². The van der Waals surface area contributed by atoms with Gasteiger partial charge in [0.05, 0.1) is 5.69 Å². The van der Waals surface area contributed by atoms with Crippen molar-refractivity contribution in [2.75, 3.05) is 4.90 Å². The second-order valence-corrected chi connectivity index (χ2v) is 13.6. The van der Waals surface area contributed by atoms with E-state index in [9.17, 15) is 0 Å². The van der Waals surface area contributed by atoms with Crippen molar-refractivity contribution in [1.29, 1.82) is 0 Å². The maximum atomic E-state index is 6.92. The maximum absolute atomic E-state index is 6.92. The smallest absolute Gasteiger partial charge is 0.159 e. The molecule has 0 radical (unpaired) electrons. The summed E-state index contributed by atoms with van der Waals surface area (Å²) in [5.74, 6) is 0. The summed E-state index contributed by atoms with van der Waals surface area (Å²) in [6, 6.07) is 63.1. The van der Waals surface area contributed by atoms with Gasteiger partial charge in [0.2, 0.25) is 0 Å². The summed E-state index contributed by atoms with van der Waals surface area (Å²) < 4.78 is 9.49. The quantitative estimate of drug-likeness (QED) is 0.186. The zero-order valence-electron chi connectivity index (χ0n) is 26.5. The molecule has 10 aromatic rings. The van der Waals surface area contributed by atoms with E-state index in [4.69, 9.17) is 4.42 Å². The number of para-hydroxylation sites is 2. The Morgan fingerprint density at radius 2 is 1.06 bits per heavy atom. The first-order valence-corrected chi connectivity index (χ1v) is 17.4. The van der Waals surface area contributed by atoms with Crippen LogP contribution in [0, 0.1) is 0 Å². The molecular weight excluding hydrogens is 615 g/mol. The van der Waals surface area contributed by atoms with Crippen LogP contribution >= 0.6 is 11.3 Å². The van der Waals surface area contributed by atoms with E-state index in [0.717, 1.165) is 50.1 Å². The monoisotopic (exact) mass is 643 g/mol. The third-order valence-electron chi connectivity index (χ3n) is 9.66. The minimum absolute atomic E-state index is 0.871. The van der Waals surface area contributed by atoms with E-state index in [1.54, 1.807) is 0 Å². The van der Waals surface area contributed by atoms with E-state index in [0.29, 0.717) is 0 Å². The molecule has 10 rings (SSSR count). The zero-order valence-corrected chi connectivity index (χ0v) is 27.3. The fourth-order valence-corrected chi connectivity index (χ4v) is 8.42. The third kappa shape index (κ3) is 4.62. The number of thiophene rings is 1. The van der Waals surface area contributed by atoms with E-state index < -0.39 is 0 Å². The standard InChI is InChI=1S/C46H29NOS/c1-2-11-32(12-3-1)37-15-8-16-40-41-17-9-18-42(46(41)48-45(37)40)47(36-26-27-39-38-14-6-7-19-43(38)49-44(39)29-36)35-24-22-31(23-25-35)34-21-20-30-10-4-5-13-33(30)28-34/h1-29H. The summed E-state index contributed by atoms with van der Waals surface area (Å²) in [5, 5.41) is 7.29. The largest absolute Gasteiger partial charge is 0.453 e. The number of anilines is 3. The second-order valence-electron chi connectivity index (χ2n) is 12.5. The van der Waals surface area contributed by atoms with Gasteiger partial charge in [0, 0.05) is 47.9 Å². The lowest BCUT2D eigenvalue weighted by Gasteiger charge is -2.26. The van der Waals surface area contributed by atoms with E-state index in [1.807, 2.05) is 11.3 Å². The SMILES string of the molecule is c1ccc(-c2cccc3c2oc2c(N(c4ccc(-c5ccc6ccccc6c5)cc4)c4ccc5c(c4)sc4ccccc45)cccc23)cc1. The highest BCUT2D eigenvalue weighted by Crippen LogP contribution is 2.46. The molecule has 3 heteroatoms. The van der Waals surface area contributed by atoms with Crippen molar-refractivity contribution in [2.24, 2.45) is 0 Å². The van der Waals surface area contributed by atoms with Gasteiger partial charge in [-0.15, -0.1) is 11.3 Å². The number of furan rings is 1. The fourth-order valence-electron chi connectivity index (χ4n) is 7.28. The molecule has 49 heavy (non-hydrogen) atoms.